The van der Waals surface area contributed by atoms with Crippen LogP contribution in [0.25, 0.3) is 0 Å². The lowest BCUT2D eigenvalue weighted by Gasteiger charge is -2.35. The Balaban J connectivity index is 5.74. The number of carboxylic acids is 3. The average molecular weight is 415 g/mol. The van der Waals surface area contributed by atoms with E-state index in [9.17, 15) is 29.4 Å². The van der Waals surface area contributed by atoms with Crippen molar-refractivity contribution in [2.45, 2.75) is 104 Å². The molecule has 0 aromatic carbocycles. The first-order valence-electron chi connectivity index (χ1n) is 10.9. The van der Waals surface area contributed by atoms with Gasteiger partial charge in [0.2, 0.25) is 0 Å². The molecular weight excluding hydrogens is 376 g/mol. The van der Waals surface area contributed by atoms with E-state index in [2.05, 4.69) is 0 Å². The first-order chi connectivity index (χ1) is 13.7. The van der Waals surface area contributed by atoms with Gasteiger partial charge >= 0.3 is 17.9 Å². The van der Waals surface area contributed by atoms with Gasteiger partial charge in [0.05, 0.1) is 0 Å². The fourth-order valence-corrected chi connectivity index (χ4v) is 3.93. The molecule has 0 heterocycles. The summed E-state index contributed by atoms with van der Waals surface area (Å²) < 4.78 is 0. The molecule has 0 fully saturated rings. The molecule has 0 radical (unpaired) electrons. The van der Waals surface area contributed by atoms with Crippen molar-refractivity contribution in [1.29, 1.82) is 0 Å². The number of Topliss-reactive ketones (excluding diaryl/α,β-unsaturated/α-hetero) is 1. The zero-order valence-electron chi connectivity index (χ0n) is 18.0. The van der Waals surface area contributed by atoms with E-state index in [1.807, 2.05) is 13.8 Å². The van der Waals surface area contributed by atoms with E-state index in [1.54, 1.807) is 0 Å². The number of hydrogen-bond acceptors (Lipinski definition) is 4. The second-order valence-corrected chi connectivity index (χ2v) is 8.01. The molecule has 0 aliphatic rings. The van der Waals surface area contributed by atoms with Crippen molar-refractivity contribution in [2.75, 3.05) is 0 Å². The maximum atomic E-state index is 13.6. The molecule has 0 saturated carbocycles. The number of hydrogen-bond donors (Lipinski definition) is 3. The first-order valence-corrected chi connectivity index (χ1v) is 10.9. The van der Waals surface area contributed by atoms with Crippen molar-refractivity contribution >= 4 is 23.7 Å². The summed E-state index contributed by atoms with van der Waals surface area (Å²) in [6, 6.07) is 0. The van der Waals surface area contributed by atoms with Crippen LogP contribution in [0.5, 0.6) is 0 Å². The van der Waals surface area contributed by atoms with Crippen LogP contribution < -0.4 is 0 Å². The van der Waals surface area contributed by atoms with Crippen LogP contribution in [0, 0.1) is 11.3 Å². The molecular formula is C22H38O7. The molecule has 0 spiro atoms. The lowest BCUT2D eigenvalue weighted by molar-refractivity contribution is -0.141. The Morgan fingerprint density at radius 1 is 0.655 bits per heavy atom. The van der Waals surface area contributed by atoms with Gasteiger partial charge in [-0.2, -0.15) is 0 Å². The van der Waals surface area contributed by atoms with Gasteiger partial charge in [-0.1, -0.05) is 52.4 Å². The SMILES string of the molecule is CCCCCC(CCC(=O)O)C(=O)C(CCCCC)(CCC(=O)O)CCC(=O)O. The minimum absolute atomic E-state index is 0.107. The van der Waals surface area contributed by atoms with Crippen LogP contribution >= 0.6 is 0 Å². The molecule has 168 valence electrons. The fourth-order valence-electron chi connectivity index (χ4n) is 3.93. The van der Waals surface area contributed by atoms with Gasteiger partial charge in [0, 0.05) is 30.6 Å². The number of carbonyl (C=O) groups excluding carboxylic acids is 1. The number of ketones is 1. The molecule has 1 unspecified atom stereocenters. The van der Waals surface area contributed by atoms with Gasteiger partial charge in [0.1, 0.15) is 5.78 Å². The monoisotopic (exact) mass is 414 g/mol. The zero-order valence-corrected chi connectivity index (χ0v) is 18.0. The Hall–Kier alpha value is -1.92. The van der Waals surface area contributed by atoms with Crippen molar-refractivity contribution in [1.82, 2.24) is 0 Å². The predicted octanol–water partition coefficient (Wildman–Crippen LogP) is 4.91. The summed E-state index contributed by atoms with van der Waals surface area (Å²) >= 11 is 0. The van der Waals surface area contributed by atoms with Gasteiger partial charge in [0.15, 0.2) is 0 Å². The predicted molar refractivity (Wildman–Crippen MR) is 110 cm³/mol. The summed E-state index contributed by atoms with van der Waals surface area (Å²) in [5.74, 6) is -3.59. The van der Waals surface area contributed by atoms with Crippen molar-refractivity contribution < 1.29 is 34.5 Å². The highest BCUT2D eigenvalue weighted by Gasteiger charge is 2.41. The number of carbonyl (C=O) groups is 4. The van der Waals surface area contributed by atoms with Crippen molar-refractivity contribution in [3.05, 3.63) is 0 Å². The standard InChI is InChI=1S/C22H38O7/c1-3-5-7-9-17(10-11-18(23)24)21(29)22(14-8-6-4-2,15-12-19(25)26)16-13-20(27)28/h17H,3-16H2,1-2H3,(H,23,24)(H,25,26)(H,27,28). The molecule has 3 N–H and O–H groups in total. The summed E-state index contributed by atoms with van der Waals surface area (Å²) in [5.41, 5.74) is -1.01. The Morgan fingerprint density at radius 3 is 1.59 bits per heavy atom. The minimum atomic E-state index is -1.01. The quantitative estimate of drug-likeness (QED) is 0.256. The summed E-state index contributed by atoms with van der Waals surface area (Å²) in [4.78, 5) is 47.1. The number of aliphatic carboxylic acids is 3. The highest BCUT2D eigenvalue weighted by molar-refractivity contribution is 5.88. The summed E-state index contributed by atoms with van der Waals surface area (Å²) in [6.45, 7) is 4.07. The molecule has 29 heavy (non-hydrogen) atoms. The number of unbranched alkanes of at least 4 members (excludes halogenated alkanes) is 4. The average Bonchev–Trinajstić information content (AvgIpc) is 2.65. The molecule has 7 heteroatoms. The normalized spacial score (nSPS) is 12.5. The van der Waals surface area contributed by atoms with E-state index >= 15 is 0 Å². The lowest BCUT2D eigenvalue weighted by atomic mass is 9.67. The molecule has 7 nitrogen and oxygen atoms in total. The van der Waals surface area contributed by atoms with Gasteiger partial charge in [-0.25, -0.2) is 0 Å². The molecule has 0 aromatic heterocycles. The van der Waals surface area contributed by atoms with E-state index in [0.29, 0.717) is 12.8 Å². The minimum Gasteiger partial charge on any atom is -0.481 e. The van der Waals surface area contributed by atoms with Crippen LogP contribution in [0.3, 0.4) is 0 Å². The second-order valence-electron chi connectivity index (χ2n) is 8.01. The topological polar surface area (TPSA) is 129 Å². The van der Waals surface area contributed by atoms with Crippen LogP contribution in [0.15, 0.2) is 0 Å². The molecule has 0 rings (SSSR count). The van der Waals surface area contributed by atoms with E-state index in [0.717, 1.165) is 38.5 Å². The van der Waals surface area contributed by atoms with Crippen LogP contribution in [-0.4, -0.2) is 39.0 Å². The van der Waals surface area contributed by atoms with Crippen molar-refractivity contribution in [3.63, 3.8) is 0 Å². The lowest BCUT2D eigenvalue weighted by Crippen LogP contribution is -2.38. The molecule has 0 bridgehead atoms. The maximum absolute atomic E-state index is 13.6. The highest BCUT2D eigenvalue weighted by Crippen LogP contribution is 2.41. The smallest absolute Gasteiger partial charge is 0.303 e. The Bertz CT molecular complexity index is 509. The van der Waals surface area contributed by atoms with Crippen molar-refractivity contribution in [2.24, 2.45) is 11.3 Å². The third-order valence-electron chi connectivity index (χ3n) is 5.65. The summed E-state index contributed by atoms with van der Waals surface area (Å²) in [7, 11) is 0. The summed E-state index contributed by atoms with van der Waals surface area (Å²) in [5, 5.41) is 27.5. The third kappa shape index (κ3) is 11.6. The summed E-state index contributed by atoms with van der Waals surface area (Å²) in [6.07, 6.45) is 6.18. The Labute approximate surface area is 173 Å². The largest absolute Gasteiger partial charge is 0.481 e. The molecule has 0 aliphatic heterocycles. The molecule has 0 aliphatic carbocycles. The molecule has 0 saturated heterocycles. The number of carboxylic acid groups (broad SMARTS) is 3. The second kappa shape index (κ2) is 15.0. The third-order valence-corrected chi connectivity index (χ3v) is 5.65. The zero-order chi connectivity index (χ0) is 22.3. The molecule has 0 aromatic rings. The van der Waals surface area contributed by atoms with Gasteiger partial charge < -0.3 is 15.3 Å². The number of rotatable bonds is 19. The van der Waals surface area contributed by atoms with Crippen molar-refractivity contribution in [3.8, 4) is 0 Å². The molecule has 1 atom stereocenters. The maximum Gasteiger partial charge on any atom is 0.303 e. The van der Waals surface area contributed by atoms with E-state index < -0.39 is 29.2 Å². The Morgan fingerprint density at radius 2 is 1.14 bits per heavy atom. The van der Waals surface area contributed by atoms with Crippen LogP contribution in [-0.2, 0) is 19.2 Å². The van der Waals surface area contributed by atoms with Crippen LogP contribution in [0.2, 0.25) is 0 Å². The van der Waals surface area contributed by atoms with Gasteiger partial charge in [0.25, 0.3) is 0 Å². The van der Waals surface area contributed by atoms with Gasteiger partial charge in [-0.3, -0.25) is 19.2 Å². The highest BCUT2D eigenvalue weighted by atomic mass is 16.4. The van der Waals surface area contributed by atoms with E-state index in [-0.39, 0.29) is 44.3 Å². The van der Waals surface area contributed by atoms with Crippen LogP contribution in [0.1, 0.15) is 104 Å². The molecule has 0 amide bonds. The fraction of sp³-hybridized carbons (Fsp3) is 0.818. The Kier molecular flexibility index (Phi) is 14.0. The van der Waals surface area contributed by atoms with Gasteiger partial charge in [-0.05, 0) is 32.1 Å². The van der Waals surface area contributed by atoms with Crippen LogP contribution in [0.4, 0.5) is 0 Å². The first kappa shape index (κ1) is 27.1. The van der Waals surface area contributed by atoms with E-state index in [4.69, 9.17) is 5.11 Å². The van der Waals surface area contributed by atoms with E-state index in [1.165, 1.54) is 0 Å². The van der Waals surface area contributed by atoms with Gasteiger partial charge in [-0.15, -0.1) is 0 Å².